The van der Waals surface area contributed by atoms with Crippen LogP contribution in [0.4, 0.5) is 0 Å². The van der Waals surface area contributed by atoms with Crippen molar-refractivity contribution >= 4 is 48.7 Å². The molecule has 0 aliphatic carbocycles. The number of ketones is 2. The summed E-state index contributed by atoms with van der Waals surface area (Å²) in [6, 6.07) is 19.0. The van der Waals surface area contributed by atoms with Crippen molar-refractivity contribution in [2.45, 2.75) is 103 Å². The maximum atomic E-state index is 12.1. The van der Waals surface area contributed by atoms with Gasteiger partial charge < -0.3 is 17.7 Å². The zero-order chi connectivity index (χ0) is 33.3. The van der Waals surface area contributed by atoms with Gasteiger partial charge in [0.2, 0.25) is 0 Å². The standard InChI is InChI=1S/C34H52O8Si3/c1-43(2,27-19-9-7-17-25-39-33(37)31(35)29-21-13-11-14-22-29)41-45(5,6)42-44(3,4)28-20-10-8-18-26-40-34(38)32(36)30-23-15-12-16-24-30/h11-16,21-24H,7-10,17-20,25-28H2,1-6H3. The summed E-state index contributed by atoms with van der Waals surface area (Å²) in [4.78, 5) is 48.1. The molecule has 2 aromatic rings. The van der Waals surface area contributed by atoms with Crippen molar-refractivity contribution in [3.8, 4) is 0 Å². The first-order valence-electron chi connectivity index (χ1n) is 16.1. The number of benzene rings is 2. The molecule has 45 heavy (non-hydrogen) atoms. The Morgan fingerprint density at radius 2 is 0.822 bits per heavy atom. The van der Waals surface area contributed by atoms with Crippen LogP contribution in [-0.4, -0.2) is 61.9 Å². The predicted octanol–water partition coefficient (Wildman–Crippen LogP) is 8.10. The first-order chi connectivity index (χ1) is 21.2. The van der Waals surface area contributed by atoms with Crippen molar-refractivity contribution in [1.82, 2.24) is 0 Å². The molecule has 2 aromatic carbocycles. The summed E-state index contributed by atoms with van der Waals surface area (Å²) in [7, 11) is -6.11. The van der Waals surface area contributed by atoms with E-state index in [1.54, 1.807) is 60.7 Å². The van der Waals surface area contributed by atoms with Crippen LogP contribution in [0, 0.1) is 0 Å². The summed E-state index contributed by atoms with van der Waals surface area (Å²) in [5, 5.41) is 0. The first kappa shape index (κ1) is 38.5. The number of carbonyl (C=O) groups excluding carboxylic acids is 4. The molecule has 0 atom stereocenters. The van der Waals surface area contributed by atoms with Crippen LogP contribution >= 0.6 is 0 Å². The van der Waals surface area contributed by atoms with Crippen molar-refractivity contribution in [3.63, 3.8) is 0 Å². The number of hydrogen-bond acceptors (Lipinski definition) is 8. The van der Waals surface area contributed by atoms with Gasteiger partial charge in [-0.3, -0.25) is 9.59 Å². The third-order valence-electron chi connectivity index (χ3n) is 7.30. The van der Waals surface area contributed by atoms with Gasteiger partial charge >= 0.3 is 20.5 Å². The molecule has 0 spiro atoms. The van der Waals surface area contributed by atoms with E-state index < -0.39 is 48.7 Å². The Hall–Kier alpha value is -2.71. The SMILES string of the molecule is C[Si](C)(CCCCCCOC(=O)C(=O)c1ccccc1)O[Si](C)(C)O[Si](C)(C)CCCCCCOC(=O)C(=O)c1ccccc1. The quantitative estimate of drug-likeness (QED) is 0.0406. The highest BCUT2D eigenvalue weighted by atomic mass is 28.5. The lowest BCUT2D eigenvalue weighted by Gasteiger charge is -2.39. The molecule has 0 amide bonds. The van der Waals surface area contributed by atoms with Gasteiger partial charge in [0.25, 0.3) is 11.6 Å². The predicted molar refractivity (Wildman–Crippen MR) is 185 cm³/mol. The minimum absolute atomic E-state index is 0.255. The lowest BCUT2D eigenvalue weighted by atomic mass is 10.1. The van der Waals surface area contributed by atoms with Crippen molar-refractivity contribution in [3.05, 3.63) is 71.8 Å². The Morgan fingerprint density at radius 3 is 1.18 bits per heavy atom. The van der Waals surface area contributed by atoms with Crippen LogP contribution in [0.2, 0.25) is 51.4 Å². The number of Topliss-reactive ketones (excluding diaryl/α,β-unsaturated/α-hetero) is 2. The fraction of sp³-hybridized carbons (Fsp3) is 0.529. The Bertz CT molecular complexity index is 1120. The number of hydrogen-bond donors (Lipinski definition) is 0. The molecule has 0 aliphatic heterocycles. The average Bonchev–Trinajstić information content (AvgIpc) is 2.98. The first-order valence-corrected chi connectivity index (χ1v) is 25.2. The molecule has 248 valence electrons. The summed E-state index contributed by atoms with van der Waals surface area (Å²) in [6.07, 6.45) is 7.49. The zero-order valence-electron chi connectivity index (χ0n) is 28.0. The maximum absolute atomic E-state index is 12.1. The van der Waals surface area contributed by atoms with Crippen molar-refractivity contribution in [2.75, 3.05) is 13.2 Å². The van der Waals surface area contributed by atoms with Crippen LogP contribution in [0.1, 0.15) is 72.1 Å². The molecule has 0 saturated carbocycles. The van der Waals surface area contributed by atoms with E-state index in [4.69, 9.17) is 17.7 Å². The number of carbonyl (C=O) groups is 4. The van der Waals surface area contributed by atoms with Gasteiger partial charge in [-0.2, -0.15) is 0 Å². The van der Waals surface area contributed by atoms with E-state index >= 15 is 0 Å². The summed E-state index contributed by atoms with van der Waals surface area (Å²) < 4.78 is 23.8. The lowest BCUT2D eigenvalue weighted by Crippen LogP contribution is -2.52. The summed E-state index contributed by atoms with van der Waals surface area (Å²) >= 11 is 0. The second-order valence-electron chi connectivity index (χ2n) is 13.1. The van der Waals surface area contributed by atoms with E-state index in [2.05, 4.69) is 39.3 Å². The lowest BCUT2D eigenvalue weighted by molar-refractivity contribution is -0.138. The molecule has 0 saturated heterocycles. The molecule has 0 bridgehead atoms. The minimum Gasteiger partial charge on any atom is -0.460 e. The van der Waals surface area contributed by atoms with E-state index in [0.717, 1.165) is 63.5 Å². The van der Waals surface area contributed by atoms with Gasteiger partial charge in [0.15, 0.2) is 16.6 Å². The minimum atomic E-state index is -2.29. The van der Waals surface area contributed by atoms with Gasteiger partial charge in [-0.15, -0.1) is 0 Å². The molecule has 0 fully saturated rings. The fourth-order valence-electron chi connectivity index (χ4n) is 5.34. The van der Waals surface area contributed by atoms with Gasteiger partial charge in [0.1, 0.15) is 0 Å². The van der Waals surface area contributed by atoms with Crippen molar-refractivity contribution in [1.29, 1.82) is 0 Å². The van der Waals surface area contributed by atoms with Crippen LogP contribution in [-0.2, 0) is 27.3 Å². The highest BCUT2D eigenvalue weighted by Crippen LogP contribution is 2.27. The number of esters is 2. The molecular formula is C34H52O8Si3. The van der Waals surface area contributed by atoms with Gasteiger partial charge in [-0.25, -0.2) is 9.59 Å². The van der Waals surface area contributed by atoms with E-state index in [1.165, 1.54) is 0 Å². The smallest absolute Gasteiger partial charge is 0.379 e. The largest absolute Gasteiger partial charge is 0.460 e. The monoisotopic (exact) mass is 672 g/mol. The second-order valence-corrected chi connectivity index (χ2v) is 25.6. The van der Waals surface area contributed by atoms with Crippen molar-refractivity contribution < 1.29 is 36.9 Å². The zero-order valence-corrected chi connectivity index (χ0v) is 31.0. The van der Waals surface area contributed by atoms with Crippen LogP contribution in [0.15, 0.2) is 60.7 Å². The van der Waals surface area contributed by atoms with E-state index in [-0.39, 0.29) is 13.2 Å². The van der Waals surface area contributed by atoms with Gasteiger partial charge in [0.05, 0.1) is 13.2 Å². The molecule has 11 heteroatoms. The molecule has 2 rings (SSSR count). The van der Waals surface area contributed by atoms with Crippen LogP contribution in [0.5, 0.6) is 0 Å². The van der Waals surface area contributed by atoms with Gasteiger partial charge in [0, 0.05) is 11.1 Å². The third-order valence-corrected chi connectivity index (χ3v) is 18.8. The third kappa shape index (κ3) is 15.9. The average molecular weight is 673 g/mol. The summed E-state index contributed by atoms with van der Waals surface area (Å²) in [6.45, 7) is 13.9. The highest BCUT2D eigenvalue weighted by Gasteiger charge is 2.39. The summed E-state index contributed by atoms with van der Waals surface area (Å²) in [5.74, 6) is -2.79. The molecule has 0 N–H and O–H groups in total. The van der Waals surface area contributed by atoms with E-state index in [0.29, 0.717) is 11.1 Å². The molecular weight excluding hydrogens is 621 g/mol. The number of rotatable bonds is 22. The second kappa shape index (κ2) is 19.1. The topological polar surface area (TPSA) is 105 Å². The van der Waals surface area contributed by atoms with Gasteiger partial charge in [-0.05, 0) is 64.2 Å². The Labute approximate surface area is 272 Å². The molecule has 0 aromatic heterocycles. The molecule has 0 unspecified atom stereocenters. The number of unbranched alkanes of at least 4 members (excludes halogenated alkanes) is 6. The molecule has 8 nitrogen and oxygen atoms in total. The molecule has 0 aliphatic rings. The van der Waals surface area contributed by atoms with Crippen LogP contribution < -0.4 is 0 Å². The Balaban J connectivity index is 1.56. The summed E-state index contributed by atoms with van der Waals surface area (Å²) in [5.41, 5.74) is 0.700. The highest BCUT2D eigenvalue weighted by molar-refractivity contribution is 6.87. The molecule has 0 heterocycles. The maximum Gasteiger partial charge on any atom is 0.379 e. The Morgan fingerprint density at radius 1 is 0.489 bits per heavy atom. The Kier molecular flexibility index (Phi) is 16.3. The fourth-order valence-corrected chi connectivity index (χ4v) is 19.5. The normalized spacial score (nSPS) is 12.0. The van der Waals surface area contributed by atoms with E-state index in [9.17, 15) is 19.2 Å². The molecule has 0 radical (unpaired) electrons. The van der Waals surface area contributed by atoms with Crippen LogP contribution in [0.3, 0.4) is 0 Å². The van der Waals surface area contributed by atoms with Gasteiger partial charge in [-0.1, -0.05) is 99.2 Å². The van der Waals surface area contributed by atoms with E-state index in [1.807, 2.05) is 0 Å². The number of ether oxygens (including phenoxy) is 2. The van der Waals surface area contributed by atoms with Crippen LogP contribution in [0.25, 0.3) is 0 Å². The van der Waals surface area contributed by atoms with Crippen molar-refractivity contribution in [2.24, 2.45) is 0 Å².